The Morgan fingerprint density at radius 3 is 3.14 bits per heavy atom. The number of ether oxygens (including phenoxy) is 1. The molecule has 0 bridgehead atoms. The van der Waals surface area contributed by atoms with Crippen molar-refractivity contribution in [3.05, 3.63) is 54.5 Å². The Morgan fingerprint density at radius 1 is 1.43 bits per heavy atom. The Hall–Kier alpha value is -2.97. The number of aromatic nitrogens is 2. The number of hydrogen-bond donors (Lipinski definition) is 2. The summed E-state index contributed by atoms with van der Waals surface area (Å²) in [5.74, 6) is 0.740. The van der Waals surface area contributed by atoms with Gasteiger partial charge in [0.05, 0.1) is 6.61 Å². The summed E-state index contributed by atoms with van der Waals surface area (Å²) in [4.78, 5) is 22.8. The van der Waals surface area contributed by atoms with Gasteiger partial charge in [-0.1, -0.05) is 12.1 Å². The van der Waals surface area contributed by atoms with Gasteiger partial charge in [-0.2, -0.15) is 0 Å². The average molecular weight is 382 g/mol. The largest absolute Gasteiger partial charge is 0.483 e. The summed E-state index contributed by atoms with van der Waals surface area (Å²) in [7, 11) is 1.93. The minimum Gasteiger partial charge on any atom is -0.483 e. The lowest BCUT2D eigenvalue weighted by Gasteiger charge is -2.15. The molecule has 4 rings (SSSR count). The zero-order valence-corrected chi connectivity index (χ0v) is 15.5. The molecule has 2 atom stereocenters. The van der Waals surface area contributed by atoms with Crippen molar-refractivity contribution in [2.24, 2.45) is 0 Å². The number of nitrogens with zero attached hydrogens (tertiary/aromatic N) is 3. The molecule has 1 amide bonds. The number of benzene rings is 1. The number of aliphatic hydroxyl groups excluding tert-OH is 1. The van der Waals surface area contributed by atoms with Crippen molar-refractivity contribution in [2.75, 3.05) is 20.2 Å². The predicted molar refractivity (Wildman–Crippen MR) is 102 cm³/mol. The number of carbonyl (C=O) groups excluding carboxylic acids is 1. The van der Waals surface area contributed by atoms with E-state index in [1.807, 2.05) is 36.2 Å². The summed E-state index contributed by atoms with van der Waals surface area (Å²) in [6, 6.07) is 7.67. The molecule has 3 aromatic rings. The molecule has 146 valence electrons. The van der Waals surface area contributed by atoms with Crippen LogP contribution in [0.15, 0.2) is 47.3 Å². The number of aliphatic hydroxyl groups is 1. The highest BCUT2D eigenvalue weighted by molar-refractivity contribution is 5.92. The molecule has 0 unspecified atom stereocenters. The van der Waals surface area contributed by atoms with Crippen molar-refractivity contribution >= 4 is 16.7 Å². The van der Waals surface area contributed by atoms with Crippen molar-refractivity contribution in [1.29, 1.82) is 0 Å². The molecule has 0 spiro atoms. The number of pyridine rings is 1. The highest BCUT2D eigenvalue weighted by Gasteiger charge is 2.30. The number of nitrogens with one attached hydrogen (secondary N) is 1. The van der Waals surface area contributed by atoms with E-state index in [-0.39, 0.29) is 36.9 Å². The fourth-order valence-corrected chi connectivity index (χ4v) is 3.50. The molecule has 1 saturated heterocycles. The summed E-state index contributed by atoms with van der Waals surface area (Å²) in [5, 5.41) is 14.2. The first-order valence-electron chi connectivity index (χ1n) is 9.16. The number of rotatable bonds is 6. The second kappa shape index (κ2) is 7.95. The van der Waals surface area contributed by atoms with Gasteiger partial charge in [0.25, 0.3) is 5.91 Å². The molecule has 0 radical (unpaired) electrons. The Bertz CT molecular complexity index is 968. The summed E-state index contributed by atoms with van der Waals surface area (Å²) in [5.41, 5.74) is 0.218. The number of fused-ring (bicyclic) bond motifs is 1. The van der Waals surface area contributed by atoms with E-state index in [2.05, 4.69) is 15.3 Å². The van der Waals surface area contributed by atoms with Crippen LogP contribution in [0.1, 0.15) is 22.8 Å². The maximum atomic E-state index is 12.4. The van der Waals surface area contributed by atoms with Gasteiger partial charge in [-0.3, -0.25) is 14.7 Å². The third kappa shape index (κ3) is 3.83. The van der Waals surface area contributed by atoms with Crippen LogP contribution in [-0.4, -0.2) is 58.2 Å². The van der Waals surface area contributed by atoms with E-state index < -0.39 is 0 Å². The van der Waals surface area contributed by atoms with Crippen LogP contribution in [0.25, 0.3) is 10.8 Å². The van der Waals surface area contributed by atoms with E-state index in [9.17, 15) is 9.90 Å². The van der Waals surface area contributed by atoms with Crippen LogP contribution < -0.4 is 10.1 Å². The fraction of sp³-hybridized carbons (Fsp3) is 0.350. The lowest BCUT2D eigenvalue weighted by molar-refractivity contribution is 0.0933. The van der Waals surface area contributed by atoms with E-state index in [1.54, 1.807) is 12.4 Å². The van der Waals surface area contributed by atoms with Gasteiger partial charge in [0, 0.05) is 41.8 Å². The smallest absolute Gasteiger partial charge is 0.273 e. The maximum Gasteiger partial charge on any atom is 0.273 e. The van der Waals surface area contributed by atoms with Crippen LogP contribution in [0.2, 0.25) is 0 Å². The Morgan fingerprint density at radius 2 is 2.32 bits per heavy atom. The van der Waals surface area contributed by atoms with E-state index in [1.165, 1.54) is 6.26 Å². The molecular formula is C20H22N4O4. The van der Waals surface area contributed by atoms with Gasteiger partial charge in [0.2, 0.25) is 5.89 Å². The van der Waals surface area contributed by atoms with Gasteiger partial charge in [-0.05, 0) is 25.6 Å². The highest BCUT2D eigenvalue weighted by atomic mass is 16.5. The first-order valence-corrected chi connectivity index (χ1v) is 9.16. The number of carbonyl (C=O) groups is 1. The van der Waals surface area contributed by atoms with Gasteiger partial charge in [-0.15, -0.1) is 0 Å². The number of likely N-dealkylation sites (N-methyl/N-ethyl adjacent to an activating group) is 1. The normalized spacial score (nSPS) is 19.8. The van der Waals surface area contributed by atoms with Crippen molar-refractivity contribution in [2.45, 2.75) is 25.1 Å². The summed E-state index contributed by atoms with van der Waals surface area (Å²) in [6.07, 6.45) is 5.54. The average Bonchev–Trinajstić information content (AvgIpc) is 3.32. The van der Waals surface area contributed by atoms with Gasteiger partial charge >= 0.3 is 0 Å². The maximum absolute atomic E-state index is 12.4. The zero-order valence-electron chi connectivity index (χ0n) is 15.5. The number of likely N-dealkylation sites (tertiary alicyclic amines) is 1. The highest BCUT2D eigenvalue weighted by Crippen LogP contribution is 2.25. The van der Waals surface area contributed by atoms with Crippen LogP contribution in [0.4, 0.5) is 0 Å². The van der Waals surface area contributed by atoms with Gasteiger partial charge in [0.15, 0.2) is 12.3 Å². The second-order valence-corrected chi connectivity index (χ2v) is 6.95. The lowest BCUT2D eigenvalue weighted by atomic mass is 10.1. The molecule has 28 heavy (non-hydrogen) atoms. The number of hydrogen-bond acceptors (Lipinski definition) is 7. The van der Waals surface area contributed by atoms with E-state index in [0.717, 1.165) is 10.8 Å². The molecular weight excluding hydrogens is 360 g/mol. The molecule has 8 nitrogen and oxygen atoms in total. The zero-order chi connectivity index (χ0) is 19.5. The molecule has 2 N–H and O–H groups in total. The van der Waals surface area contributed by atoms with E-state index in [0.29, 0.717) is 24.6 Å². The molecule has 1 aliphatic rings. The topological polar surface area (TPSA) is 101 Å². The molecule has 1 fully saturated rings. The van der Waals surface area contributed by atoms with E-state index >= 15 is 0 Å². The standard InChI is InChI=1S/C20H22N4O4/c1-24-9-14(7-15(24)10-25)22-20(26)17-11-28-19(23-17)12-27-18-4-2-3-13-8-21-6-5-16(13)18/h2-6,8,11,14-15,25H,7,9-10,12H2,1H3,(H,22,26)/t14-,15+/m1/s1. The second-order valence-electron chi connectivity index (χ2n) is 6.95. The van der Waals surface area contributed by atoms with Crippen LogP contribution >= 0.6 is 0 Å². The first-order chi connectivity index (χ1) is 13.6. The minimum absolute atomic E-state index is 0.0182. The Labute approximate surface area is 162 Å². The molecule has 3 heterocycles. The minimum atomic E-state index is -0.289. The molecule has 1 aromatic carbocycles. The molecule has 0 aliphatic carbocycles. The van der Waals surface area contributed by atoms with Crippen molar-refractivity contribution in [1.82, 2.24) is 20.2 Å². The predicted octanol–water partition coefficient (Wildman–Crippen LogP) is 1.60. The van der Waals surface area contributed by atoms with Crippen LogP contribution in [0.5, 0.6) is 5.75 Å². The summed E-state index contributed by atoms with van der Waals surface area (Å²) in [6.45, 7) is 0.896. The van der Waals surface area contributed by atoms with Crippen LogP contribution in [-0.2, 0) is 6.61 Å². The third-order valence-corrected chi connectivity index (χ3v) is 5.01. The van der Waals surface area contributed by atoms with Crippen LogP contribution in [0, 0.1) is 0 Å². The molecule has 1 aliphatic heterocycles. The summed E-state index contributed by atoms with van der Waals surface area (Å²) < 4.78 is 11.2. The quantitative estimate of drug-likeness (QED) is 0.668. The van der Waals surface area contributed by atoms with Gasteiger partial charge < -0.3 is 19.6 Å². The van der Waals surface area contributed by atoms with Gasteiger partial charge in [-0.25, -0.2) is 4.98 Å². The molecule has 8 heteroatoms. The first kappa shape index (κ1) is 18.4. The third-order valence-electron chi connectivity index (χ3n) is 5.01. The van der Waals surface area contributed by atoms with Crippen molar-refractivity contribution in [3.8, 4) is 5.75 Å². The molecule has 0 saturated carbocycles. The number of oxazole rings is 1. The SMILES string of the molecule is CN1C[C@H](NC(=O)c2coc(COc3cccc4cnccc34)n2)C[C@H]1CO. The Balaban J connectivity index is 1.37. The summed E-state index contributed by atoms with van der Waals surface area (Å²) >= 11 is 0. The van der Waals surface area contributed by atoms with E-state index in [4.69, 9.17) is 9.15 Å². The monoisotopic (exact) mass is 382 g/mol. The number of amides is 1. The Kier molecular flexibility index (Phi) is 5.23. The van der Waals surface area contributed by atoms with Crippen LogP contribution in [0.3, 0.4) is 0 Å². The molecule has 2 aromatic heterocycles. The van der Waals surface area contributed by atoms with Gasteiger partial charge in [0.1, 0.15) is 12.0 Å². The fourth-order valence-electron chi connectivity index (χ4n) is 3.50. The van der Waals surface area contributed by atoms with Crippen molar-refractivity contribution < 1.29 is 19.1 Å². The van der Waals surface area contributed by atoms with Crippen molar-refractivity contribution in [3.63, 3.8) is 0 Å². The lowest BCUT2D eigenvalue weighted by Crippen LogP contribution is -2.36.